The van der Waals surface area contributed by atoms with Crippen molar-refractivity contribution in [2.45, 2.75) is 26.2 Å². The van der Waals surface area contributed by atoms with Crippen LogP contribution in [-0.4, -0.2) is 47.3 Å². The predicted molar refractivity (Wildman–Crippen MR) is 141 cm³/mol. The van der Waals surface area contributed by atoms with Gasteiger partial charge < -0.3 is 19.4 Å². The van der Waals surface area contributed by atoms with E-state index in [2.05, 4.69) is 11.0 Å². The van der Waals surface area contributed by atoms with E-state index in [9.17, 15) is 19.8 Å². The summed E-state index contributed by atoms with van der Waals surface area (Å²) in [6, 6.07) is 18.6. The van der Waals surface area contributed by atoms with Crippen molar-refractivity contribution in [2.75, 3.05) is 26.2 Å². The molecule has 1 fully saturated rings. The molecule has 5 rings (SSSR count). The first kappa shape index (κ1) is 28.0. The molecule has 193 valence electrons. The van der Waals surface area contributed by atoms with E-state index in [1.807, 2.05) is 31.2 Å². The van der Waals surface area contributed by atoms with Crippen LogP contribution < -0.4 is 10.4 Å². The SMILES string of the molecule is Cc1c[c-]ccc1-c1c(Cc2ccc(OCCN3CCCC3)cc2)c2cc(C(=O)O)c(O)cc2oc1=O.[Y]. The fourth-order valence-corrected chi connectivity index (χ4v) is 4.93. The van der Waals surface area contributed by atoms with Gasteiger partial charge in [0.1, 0.15) is 29.3 Å². The third kappa shape index (κ3) is 6.01. The number of rotatable bonds is 8. The largest absolute Gasteiger partial charge is 0.507 e. The van der Waals surface area contributed by atoms with Gasteiger partial charge in [0.05, 0.1) is 0 Å². The Morgan fingerprint density at radius 1 is 1.13 bits per heavy atom. The summed E-state index contributed by atoms with van der Waals surface area (Å²) in [6.07, 6.45) is 2.85. The van der Waals surface area contributed by atoms with Crippen molar-refractivity contribution in [3.8, 4) is 22.6 Å². The van der Waals surface area contributed by atoms with Crippen molar-refractivity contribution in [1.82, 2.24) is 4.90 Å². The summed E-state index contributed by atoms with van der Waals surface area (Å²) in [6.45, 7) is 5.67. The van der Waals surface area contributed by atoms with Crippen LogP contribution in [-0.2, 0) is 39.1 Å². The van der Waals surface area contributed by atoms with Gasteiger partial charge in [-0.25, -0.2) is 9.59 Å². The molecule has 8 heteroatoms. The molecule has 1 radical (unpaired) electrons. The van der Waals surface area contributed by atoms with E-state index < -0.39 is 17.3 Å². The number of carboxylic acid groups (broad SMARTS) is 1. The van der Waals surface area contributed by atoms with Gasteiger partial charge in [0, 0.05) is 56.3 Å². The van der Waals surface area contributed by atoms with Gasteiger partial charge in [-0.2, -0.15) is 29.8 Å². The van der Waals surface area contributed by atoms with Gasteiger partial charge >= 0.3 is 11.6 Å². The molecule has 0 bridgehead atoms. The molecule has 1 aromatic heterocycles. The molecule has 0 saturated carbocycles. The Bertz CT molecular complexity index is 1510. The van der Waals surface area contributed by atoms with E-state index in [0.717, 1.165) is 36.5 Å². The summed E-state index contributed by atoms with van der Waals surface area (Å²) in [7, 11) is 0. The second-order valence-corrected chi connectivity index (χ2v) is 9.37. The van der Waals surface area contributed by atoms with Gasteiger partial charge in [-0.3, -0.25) is 4.90 Å². The molecule has 0 unspecified atom stereocenters. The van der Waals surface area contributed by atoms with Crippen molar-refractivity contribution in [2.24, 2.45) is 0 Å². The topological polar surface area (TPSA) is 100 Å². The molecular formula is C30H28NO6Y-. The first-order chi connectivity index (χ1) is 17.9. The summed E-state index contributed by atoms with van der Waals surface area (Å²) < 4.78 is 11.5. The second-order valence-electron chi connectivity index (χ2n) is 9.37. The Morgan fingerprint density at radius 3 is 2.55 bits per heavy atom. The molecule has 1 saturated heterocycles. The molecule has 0 aliphatic carbocycles. The average molecular weight is 587 g/mol. The van der Waals surface area contributed by atoms with Gasteiger partial charge in [-0.1, -0.05) is 19.1 Å². The van der Waals surface area contributed by atoms with Crippen molar-refractivity contribution in [3.63, 3.8) is 0 Å². The second kappa shape index (κ2) is 12.2. The summed E-state index contributed by atoms with van der Waals surface area (Å²) in [5, 5.41) is 20.2. The third-order valence-corrected chi connectivity index (χ3v) is 6.88. The van der Waals surface area contributed by atoms with Crippen LogP contribution in [0.5, 0.6) is 11.5 Å². The Hall–Kier alpha value is -3.00. The molecule has 3 aromatic carbocycles. The smallest absolute Gasteiger partial charge is 0.342 e. The Morgan fingerprint density at radius 2 is 1.87 bits per heavy atom. The first-order valence-corrected chi connectivity index (χ1v) is 12.4. The minimum Gasteiger partial charge on any atom is -0.507 e. The van der Waals surface area contributed by atoms with E-state index in [4.69, 9.17) is 9.15 Å². The zero-order valence-electron chi connectivity index (χ0n) is 21.2. The van der Waals surface area contributed by atoms with Gasteiger partial charge in [-0.15, -0.1) is 5.56 Å². The summed E-state index contributed by atoms with van der Waals surface area (Å²) in [4.78, 5) is 27.4. The standard InChI is InChI=1S/C30H28NO6.Y/c1-19-6-2-3-7-22(19)28-24(23-17-25(29(33)34)26(32)18-27(23)37-30(28)35)16-20-8-10-21(11-9-20)36-15-14-31-12-4-5-13-31;/h3,6-11,17-18,32H,4-5,12-16H2,1H3,(H,33,34);/q-1;. The number of ether oxygens (including phenoxy) is 1. The number of aromatic hydroxyl groups is 1. The fourth-order valence-electron chi connectivity index (χ4n) is 4.93. The minimum atomic E-state index is -1.26. The van der Waals surface area contributed by atoms with Crippen LogP contribution in [0.3, 0.4) is 0 Å². The Kier molecular flexibility index (Phi) is 9.03. The van der Waals surface area contributed by atoms with Gasteiger partial charge in [-0.05, 0) is 61.7 Å². The number of phenols is 1. The summed E-state index contributed by atoms with van der Waals surface area (Å²) >= 11 is 0. The van der Waals surface area contributed by atoms with E-state index in [0.29, 0.717) is 35.1 Å². The van der Waals surface area contributed by atoms with E-state index in [-0.39, 0.29) is 43.9 Å². The van der Waals surface area contributed by atoms with E-state index >= 15 is 0 Å². The van der Waals surface area contributed by atoms with E-state index in [1.165, 1.54) is 25.0 Å². The Labute approximate surface area is 245 Å². The normalized spacial score (nSPS) is 13.4. The summed E-state index contributed by atoms with van der Waals surface area (Å²) in [5.41, 5.74) is 2.77. The molecule has 1 aliphatic heterocycles. The number of nitrogens with zero attached hydrogens (tertiary/aromatic N) is 1. The molecular weight excluding hydrogens is 559 g/mol. The minimum absolute atomic E-state index is 0. The van der Waals surface area contributed by atoms with Crippen molar-refractivity contribution in [3.05, 3.63) is 93.3 Å². The van der Waals surface area contributed by atoms with Crippen molar-refractivity contribution < 1.29 is 56.9 Å². The maximum Gasteiger partial charge on any atom is 0.342 e. The first-order valence-electron chi connectivity index (χ1n) is 12.4. The van der Waals surface area contributed by atoms with Crippen molar-refractivity contribution >= 4 is 16.9 Å². The van der Waals surface area contributed by atoms with Crippen LogP contribution >= 0.6 is 0 Å². The quantitative estimate of drug-likeness (QED) is 0.220. The zero-order chi connectivity index (χ0) is 25.9. The number of benzene rings is 3. The Balaban J connectivity index is 0.00000336. The molecule has 0 amide bonds. The van der Waals surface area contributed by atoms with Crippen LogP contribution in [0, 0.1) is 13.0 Å². The van der Waals surface area contributed by atoms with E-state index in [1.54, 1.807) is 18.2 Å². The average Bonchev–Trinajstić information content (AvgIpc) is 3.39. The maximum absolute atomic E-state index is 13.2. The van der Waals surface area contributed by atoms with Gasteiger partial charge in [0.2, 0.25) is 0 Å². The molecule has 4 aromatic rings. The summed E-state index contributed by atoms with van der Waals surface area (Å²) in [5.74, 6) is -0.949. The molecule has 1 aliphatic rings. The number of hydrogen-bond donors (Lipinski definition) is 2. The number of aromatic carboxylic acids is 1. The molecule has 38 heavy (non-hydrogen) atoms. The zero-order valence-corrected chi connectivity index (χ0v) is 24.0. The maximum atomic E-state index is 13.2. The number of carbonyl (C=O) groups is 1. The fraction of sp³-hybridized carbons (Fsp3) is 0.267. The van der Waals surface area contributed by atoms with Gasteiger partial charge in [0.15, 0.2) is 0 Å². The number of likely N-dealkylation sites (tertiary alicyclic amines) is 1. The molecule has 0 atom stereocenters. The molecule has 2 heterocycles. The van der Waals surface area contributed by atoms with Gasteiger partial charge in [0.25, 0.3) is 0 Å². The van der Waals surface area contributed by atoms with Crippen LogP contribution in [0.4, 0.5) is 0 Å². The van der Waals surface area contributed by atoms with Crippen LogP contribution in [0.2, 0.25) is 0 Å². The molecule has 2 N–H and O–H groups in total. The van der Waals surface area contributed by atoms with Crippen molar-refractivity contribution in [1.29, 1.82) is 0 Å². The monoisotopic (exact) mass is 587 g/mol. The number of carboxylic acids is 1. The van der Waals surface area contributed by atoms with Crippen LogP contribution in [0.25, 0.3) is 22.1 Å². The predicted octanol–water partition coefficient (Wildman–Crippen LogP) is 5.04. The number of hydrogen-bond acceptors (Lipinski definition) is 6. The number of fused-ring (bicyclic) bond motifs is 1. The van der Waals surface area contributed by atoms with Crippen LogP contribution in [0.1, 0.15) is 39.9 Å². The molecule has 0 spiro atoms. The number of aryl methyl sites for hydroxylation is 1. The molecule has 7 nitrogen and oxygen atoms in total. The third-order valence-electron chi connectivity index (χ3n) is 6.88. The van der Waals surface area contributed by atoms with Crippen LogP contribution in [0.15, 0.2) is 63.8 Å².